The molecule has 1 N–H and O–H groups in total. The third kappa shape index (κ3) is 5.14. The normalized spacial score (nSPS) is 13.2. The Hall–Kier alpha value is -0.940. The van der Waals surface area contributed by atoms with Crippen LogP contribution in [0.1, 0.15) is 38.9 Å². The van der Waals surface area contributed by atoms with Crippen molar-refractivity contribution in [2.75, 3.05) is 26.7 Å². The van der Waals surface area contributed by atoms with E-state index in [1.165, 1.54) is 0 Å². The van der Waals surface area contributed by atoms with E-state index in [-0.39, 0.29) is 0 Å². The predicted molar refractivity (Wildman–Crippen MR) is 72.6 cm³/mol. The fourth-order valence-corrected chi connectivity index (χ4v) is 1.78. The molecule has 18 heavy (non-hydrogen) atoms. The number of nitrogens with one attached hydrogen (secondary N) is 1. The highest BCUT2D eigenvalue weighted by Gasteiger charge is 2.09. The van der Waals surface area contributed by atoms with Crippen LogP contribution in [0.5, 0.6) is 0 Å². The number of nitrogens with zero attached hydrogens (tertiary/aromatic N) is 3. The number of aryl methyl sites for hydroxylation is 1. The molecule has 0 fully saturated rings. The molecular formula is C13H26N4O. The minimum atomic E-state index is 0.482. The van der Waals surface area contributed by atoms with Gasteiger partial charge in [0.15, 0.2) is 5.82 Å². The molecule has 1 unspecified atom stereocenters. The SMILES string of the molecule is CCN(CC)CCc1noc(CCC(C)NC)n1. The van der Waals surface area contributed by atoms with E-state index >= 15 is 0 Å². The van der Waals surface area contributed by atoms with Gasteiger partial charge in [-0.05, 0) is 33.5 Å². The molecule has 5 heteroatoms. The summed E-state index contributed by atoms with van der Waals surface area (Å²) in [7, 11) is 1.97. The molecule has 1 heterocycles. The van der Waals surface area contributed by atoms with E-state index in [1.54, 1.807) is 0 Å². The minimum absolute atomic E-state index is 0.482. The minimum Gasteiger partial charge on any atom is -0.339 e. The van der Waals surface area contributed by atoms with Crippen LogP contribution in [0.2, 0.25) is 0 Å². The molecule has 0 amide bonds. The van der Waals surface area contributed by atoms with Gasteiger partial charge in [0.1, 0.15) is 0 Å². The lowest BCUT2D eigenvalue weighted by molar-refractivity contribution is 0.302. The number of hydrogen-bond donors (Lipinski definition) is 1. The van der Waals surface area contributed by atoms with E-state index < -0.39 is 0 Å². The summed E-state index contributed by atoms with van der Waals surface area (Å²) in [6.07, 6.45) is 2.74. The van der Waals surface area contributed by atoms with Crippen molar-refractivity contribution in [2.45, 2.75) is 46.1 Å². The number of rotatable bonds is 9. The fourth-order valence-electron chi connectivity index (χ4n) is 1.78. The van der Waals surface area contributed by atoms with Crippen molar-refractivity contribution in [1.82, 2.24) is 20.4 Å². The van der Waals surface area contributed by atoms with Gasteiger partial charge in [-0.3, -0.25) is 0 Å². The maximum Gasteiger partial charge on any atom is 0.226 e. The highest BCUT2D eigenvalue weighted by atomic mass is 16.5. The average Bonchev–Trinajstić information content (AvgIpc) is 2.85. The van der Waals surface area contributed by atoms with Gasteiger partial charge in [0.05, 0.1) is 0 Å². The van der Waals surface area contributed by atoms with Crippen molar-refractivity contribution in [3.8, 4) is 0 Å². The molecule has 1 atom stereocenters. The number of aromatic nitrogens is 2. The summed E-state index contributed by atoms with van der Waals surface area (Å²) < 4.78 is 5.25. The Bertz CT molecular complexity index is 323. The zero-order valence-corrected chi connectivity index (χ0v) is 12.1. The van der Waals surface area contributed by atoms with E-state index in [9.17, 15) is 0 Å². The molecule has 104 valence electrons. The molecule has 0 aliphatic carbocycles. The Labute approximate surface area is 110 Å². The molecule has 1 rings (SSSR count). The lowest BCUT2D eigenvalue weighted by Gasteiger charge is -2.16. The Morgan fingerprint density at radius 3 is 2.61 bits per heavy atom. The Balaban J connectivity index is 2.34. The van der Waals surface area contributed by atoms with E-state index in [0.29, 0.717) is 6.04 Å². The van der Waals surface area contributed by atoms with Crippen molar-refractivity contribution in [1.29, 1.82) is 0 Å². The molecule has 0 aliphatic heterocycles. The van der Waals surface area contributed by atoms with E-state index in [2.05, 4.69) is 41.1 Å². The first-order valence-corrected chi connectivity index (χ1v) is 6.90. The maximum absolute atomic E-state index is 5.25. The van der Waals surface area contributed by atoms with Crippen LogP contribution in [0.25, 0.3) is 0 Å². The van der Waals surface area contributed by atoms with Crippen LogP contribution in [0.4, 0.5) is 0 Å². The van der Waals surface area contributed by atoms with Gasteiger partial charge in [-0.2, -0.15) is 4.98 Å². The van der Waals surface area contributed by atoms with Crippen LogP contribution in [-0.4, -0.2) is 47.8 Å². The average molecular weight is 254 g/mol. The van der Waals surface area contributed by atoms with Crippen LogP contribution in [0.15, 0.2) is 4.52 Å². The Morgan fingerprint density at radius 1 is 1.28 bits per heavy atom. The van der Waals surface area contributed by atoms with Crippen LogP contribution < -0.4 is 5.32 Å². The van der Waals surface area contributed by atoms with Gasteiger partial charge in [0, 0.05) is 25.4 Å². The number of likely N-dealkylation sites (N-methyl/N-ethyl adjacent to an activating group) is 1. The van der Waals surface area contributed by atoms with E-state index in [0.717, 1.165) is 50.6 Å². The van der Waals surface area contributed by atoms with Crippen molar-refractivity contribution in [3.63, 3.8) is 0 Å². The predicted octanol–water partition coefficient (Wildman–Crippen LogP) is 1.49. The lowest BCUT2D eigenvalue weighted by atomic mass is 10.2. The molecule has 0 spiro atoms. The van der Waals surface area contributed by atoms with Gasteiger partial charge in [0.2, 0.25) is 5.89 Å². The summed E-state index contributed by atoms with van der Waals surface area (Å²) in [5.41, 5.74) is 0. The monoisotopic (exact) mass is 254 g/mol. The lowest BCUT2D eigenvalue weighted by Crippen LogP contribution is -2.25. The van der Waals surface area contributed by atoms with Crippen molar-refractivity contribution in [2.24, 2.45) is 0 Å². The van der Waals surface area contributed by atoms with Gasteiger partial charge < -0.3 is 14.7 Å². The molecule has 0 saturated heterocycles. The summed E-state index contributed by atoms with van der Waals surface area (Å²) in [5, 5.41) is 7.23. The van der Waals surface area contributed by atoms with Crippen LogP contribution in [0.3, 0.4) is 0 Å². The zero-order valence-electron chi connectivity index (χ0n) is 12.1. The molecule has 5 nitrogen and oxygen atoms in total. The number of hydrogen-bond acceptors (Lipinski definition) is 5. The van der Waals surface area contributed by atoms with Crippen LogP contribution >= 0.6 is 0 Å². The second-order valence-electron chi connectivity index (χ2n) is 4.61. The first kappa shape index (κ1) is 15.1. The molecule has 0 saturated carbocycles. The molecular weight excluding hydrogens is 228 g/mol. The van der Waals surface area contributed by atoms with Crippen molar-refractivity contribution >= 4 is 0 Å². The highest BCUT2D eigenvalue weighted by Crippen LogP contribution is 2.04. The smallest absolute Gasteiger partial charge is 0.226 e. The Morgan fingerprint density at radius 2 is 2.00 bits per heavy atom. The van der Waals surface area contributed by atoms with Crippen molar-refractivity contribution in [3.05, 3.63) is 11.7 Å². The van der Waals surface area contributed by atoms with Gasteiger partial charge in [-0.25, -0.2) is 0 Å². The first-order valence-electron chi connectivity index (χ1n) is 6.90. The van der Waals surface area contributed by atoms with Crippen molar-refractivity contribution < 1.29 is 4.52 Å². The molecule has 1 aromatic rings. The highest BCUT2D eigenvalue weighted by molar-refractivity contribution is 4.88. The molecule has 0 aromatic carbocycles. The van der Waals surface area contributed by atoms with E-state index in [1.807, 2.05) is 7.05 Å². The van der Waals surface area contributed by atoms with E-state index in [4.69, 9.17) is 4.52 Å². The fraction of sp³-hybridized carbons (Fsp3) is 0.846. The summed E-state index contributed by atoms with van der Waals surface area (Å²) >= 11 is 0. The summed E-state index contributed by atoms with van der Waals surface area (Å²) in [4.78, 5) is 6.79. The second-order valence-corrected chi connectivity index (χ2v) is 4.61. The summed E-state index contributed by atoms with van der Waals surface area (Å²) in [5.74, 6) is 1.58. The maximum atomic E-state index is 5.25. The summed E-state index contributed by atoms with van der Waals surface area (Å²) in [6.45, 7) is 9.63. The molecule has 0 radical (unpaired) electrons. The topological polar surface area (TPSA) is 54.2 Å². The van der Waals surface area contributed by atoms with Gasteiger partial charge in [-0.1, -0.05) is 19.0 Å². The van der Waals surface area contributed by atoms with Crippen LogP contribution in [-0.2, 0) is 12.8 Å². The van der Waals surface area contributed by atoms with Gasteiger partial charge >= 0.3 is 0 Å². The standard InChI is InChI=1S/C13H26N4O/c1-5-17(6-2)10-9-12-15-13(18-16-12)8-7-11(3)14-4/h11,14H,5-10H2,1-4H3. The Kier molecular flexibility index (Phi) is 6.90. The largest absolute Gasteiger partial charge is 0.339 e. The second kappa shape index (κ2) is 8.21. The van der Waals surface area contributed by atoms with Crippen LogP contribution in [0, 0.1) is 0 Å². The van der Waals surface area contributed by atoms with Gasteiger partial charge in [-0.15, -0.1) is 0 Å². The molecule has 0 bridgehead atoms. The third-order valence-corrected chi connectivity index (χ3v) is 3.34. The third-order valence-electron chi connectivity index (χ3n) is 3.34. The first-order chi connectivity index (χ1) is 8.69. The zero-order chi connectivity index (χ0) is 13.4. The summed E-state index contributed by atoms with van der Waals surface area (Å²) in [6, 6.07) is 0.482. The quantitative estimate of drug-likeness (QED) is 0.723. The van der Waals surface area contributed by atoms with Gasteiger partial charge in [0.25, 0.3) is 0 Å². The molecule has 1 aromatic heterocycles. The molecule has 0 aliphatic rings.